The van der Waals surface area contributed by atoms with Crippen molar-refractivity contribution in [2.24, 2.45) is 17.2 Å². The number of carbonyl (C=O) groups excluding carboxylic acids is 5. The molecular formula is C62H89Cl6F9N29O14P. The Bertz CT molecular complexity index is 4850. The molecule has 59 heteroatoms. The molecule has 8 aromatic heterocycles. The lowest BCUT2D eigenvalue weighted by molar-refractivity contribution is -0.385. The predicted octanol–water partition coefficient (Wildman–Crippen LogP) is 11.4. The summed E-state index contributed by atoms with van der Waals surface area (Å²) in [6, 6.07) is 2.11. The van der Waals surface area contributed by atoms with Gasteiger partial charge in [0.25, 0.3) is 0 Å². The number of carboxylic acid groups (broad SMARTS) is 1. The van der Waals surface area contributed by atoms with E-state index >= 15 is 0 Å². The molecule has 121 heavy (non-hydrogen) atoms. The third kappa shape index (κ3) is 34.8. The van der Waals surface area contributed by atoms with Crippen molar-refractivity contribution in [1.29, 1.82) is 5.26 Å². The van der Waals surface area contributed by atoms with Crippen LogP contribution in [0.15, 0.2) is 49.6 Å². The Morgan fingerprint density at radius 2 is 0.777 bits per heavy atom. The topological polar surface area (TPSA) is 667 Å². The summed E-state index contributed by atoms with van der Waals surface area (Å²) < 4.78 is 130. The van der Waals surface area contributed by atoms with Crippen molar-refractivity contribution in [1.82, 2.24) is 85.0 Å². The smallest absolute Gasteiger partial charge is 0.421 e. The lowest BCUT2D eigenvalue weighted by atomic mass is 10.1. The second-order valence-corrected chi connectivity index (χ2v) is 33.1. The number of aliphatic hydroxyl groups excluding tert-OH is 1. The summed E-state index contributed by atoms with van der Waals surface area (Å²) in [5, 5.41) is 73.4. The van der Waals surface area contributed by atoms with Gasteiger partial charge >= 0.3 is 51.6 Å². The lowest BCUT2D eigenvalue weighted by Crippen LogP contribution is -2.41. The largest absolute Gasteiger partial charge is 0.479 e. The first-order valence-electron chi connectivity index (χ1n) is 32.0. The quantitative estimate of drug-likeness (QED) is 0.00680. The maximum absolute atomic E-state index is 12.9. The van der Waals surface area contributed by atoms with Crippen LogP contribution in [0.25, 0.3) is 0 Å². The van der Waals surface area contributed by atoms with E-state index in [4.69, 9.17) is 50.0 Å². The average molecular weight is 1880 g/mol. The summed E-state index contributed by atoms with van der Waals surface area (Å²) >= 11 is 28.2. The summed E-state index contributed by atoms with van der Waals surface area (Å²) in [6.07, 6.45) is -4.50. The van der Waals surface area contributed by atoms with Crippen LogP contribution in [0.4, 0.5) is 97.3 Å². The molecule has 0 aliphatic carbocycles. The van der Waals surface area contributed by atoms with Crippen molar-refractivity contribution < 1.29 is 98.4 Å². The number of nitro groups is 2. The van der Waals surface area contributed by atoms with E-state index in [1.54, 1.807) is 88.6 Å². The zero-order valence-corrected chi connectivity index (χ0v) is 72.1. The summed E-state index contributed by atoms with van der Waals surface area (Å²) in [5.41, 5.74) is 16.8. The Morgan fingerprint density at radius 1 is 0.512 bits per heavy atom. The highest BCUT2D eigenvalue weighted by molar-refractivity contribution is 8.24. The summed E-state index contributed by atoms with van der Waals surface area (Å²) in [7, 11) is 5.01. The van der Waals surface area contributed by atoms with Crippen molar-refractivity contribution in [3.05, 3.63) is 120 Å². The normalized spacial score (nSPS) is 11.1. The summed E-state index contributed by atoms with van der Waals surface area (Å²) in [4.78, 5) is 105. The Hall–Kier alpha value is -11.2. The van der Waals surface area contributed by atoms with Crippen LogP contribution in [0.2, 0.25) is 5.28 Å². The minimum absolute atomic E-state index is 0. The van der Waals surface area contributed by atoms with Gasteiger partial charge in [-0.2, -0.15) is 80.2 Å². The van der Waals surface area contributed by atoms with Crippen LogP contribution in [0.1, 0.15) is 122 Å². The van der Waals surface area contributed by atoms with Gasteiger partial charge in [0.05, 0.1) is 62.5 Å². The van der Waals surface area contributed by atoms with E-state index in [0.717, 1.165) is 18.0 Å². The Kier molecular flexibility index (Phi) is 45.2. The van der Waals surface area contributed by atoms with Crippen LogP contribution >= 0.6 is 73.7 Å². The number of nitrogen functional groups attached to an aromatic ring is 1. The van der Waals surface area contributed by atoms with Gasteiger partial charge in [0.2, 0.25) is 34.9 Å². The number of carbonyl (C=O) groups is 6. The fraction of sp³-hybridized carbons (Fsp3) is 0.452. The third-order valence-electron chi connectivity index (χ3n) is 15.0. The van der Waals surface area contributed by atoms with E-state index in [1.165, 1.54) is 80.0 Å². The minimum atomic E-state index is -4.57. The number of amides is 3. The highest BCUT2D eigenvalue weighted by Crippen LogP contribution is 2.61. The van der Waals surface area contributed by atoms with Crippen LogP contribution in [-0.2, 0) is 79.6 Å². The van der Waals surface area contributed by atoms with Gasteiger partial charge in [0.15, 0.2) is 5.54 Å². The Morgan fingerprint density at radius 3 is 1.03 bits per heavy atom. The number of aryl methyl sites for hydroxylation is 5. The van der Waals surface area contributed by atoms with Crippen molar-refractivity contribution >= 4 is 166 Å². The molecule has 20 N–H and O–H groups in total. The summed E-state index contributed by atoms with van der Waals surface area (Å²) in [5.74, 6) is -3.77. The minimum Gasteiger partial charge on any atom is -0.479 e. The maximum Gasteiger partial charge on any atom is 0.421 e. The molecule has 8 heterocycles. The molecule has 43 nitrogen and oxygen atoms in total. The fourth-order valence-corrected chi connectivity index (χ4v) is 7.63. The first kappa shape index (κ1) is 116. The van der Waals surface area contributed by atoms with E-state index in [1.807, 2.05) is 0 Å². The average Bonchev–Trinajstić information content (AvgIpc) is 1.64. The van der Waals surface area contributed by atoms with Crippen LogP contribution in [0.5, 0.6) is 0 Å². The van der Waals surface area contributed by atoms with Gasteiger partial charge in [-0.05, 0) is 172 Å². The number of hydrogen-bond donors (Lipinski definition) is 12. The van der Waals surface area contributed by atoms with Crippen LogP contribution in [0.3, 0.4) is 0 Å². The number of nitrogens with one attached hydrogen (secondary N) is 5. The molecule has 8 aromatic rings. The number of primary amides is 3. The molecule has 0 bridgehead atoms. The molecule has 0 aliphatic rings. The first-order valence-corrected chi connectivity index (χ1v) is 37.6. The number of hydrogen-bond acceptors (Lipinski definition) is 31. The molecule has 0 saturated heterocycles. The molecule has 0 fully saturated rings. The molecule has 676 valence electrons. The molecule has 0 aromatic carbocycles. The van der Waals surface area contributed by atoms with E-state index in [2.05, 4.69) is 145 Å². The molecule has 0 unspecified atom stereocenters. The van der Waals surface area contributed by atoms with Gasteiger partial charge in [-0.25, -0.2) is 29.4 Å². The zero-order valence-electron chi connectivity index (χ0n) is 66.6. The van der Waals surface area contributed by atoms with Crippen LogP contribution < -0.4 is 55.7 Å². The van der Waals surface area contributed by atoms with E-state index < -0.39 is 112 Å². The van der Waals surface area contributed by atoms with Gasteiger partial charge in [0, 0.05) is 53.0 Å². The highest BCUT2D eigenvalue weighted by Gasteiger charge is 2.39. The van der Waals surface area contributed by atoms with Gasteiger partial charge in [0.1, 0.15) is 80.1 Å². The molecule has 0 radical (unpaired) electrons. The van der Waals surface area contributed by atoms with E-state index in [-0.39, 0.29) is 76.4 Å². The number of carboxylic acids is 1. The summed E-state index contributed by atoms with van der Waals surface area (Å²) in [6.45, 7) is 24.0. The van der Waals surface area contributed by atoms with Gasteiger partial charge in [-0.15, -0.1) is 0 Å². The second kappa shape index (κ2) is 47.1. The number of aliphatic carboxylic acids is 1. The number of anilines is 8. The molecule has 0 saturated carbocycles. The SMILES string of the molecule is C.CNc1nc(Cl)ncc1C(F)(F)F.CNc1nc(Nc2cn(C(C)(C)C#N)nc2C)ncc1C(F)(F)F.CNc1nc(Nc2cn(C(C)(C)C(N)=O)nc2C)ncc1C(F)(F)F.CO.Cc1nn(C(C)(C)C(=O)O)cc1[N+](=O)[O-].Cc1nn(C(C)(C)C(N)=O)cc1N.Cc1nn(C(C)(C)C(N)=O)cc1[N+](=O)[O-].N.O.O=C(Cl)C(=O)Cl.O=P(Cl)(Cl)Cl. The molecular weight excluding hydrogens is 1790 g/mol. The number of aliphatic hydroxyl groups is 1. The number of nitrogens with two attached hydrogens (primary N) is 4. The van der Waals surface area contributed by atoms with Gasteiger partial charge in [-0.3, -0.25) is 67.5 Å². The molecule has 0 atom stereocenters. The number of nitrogens with zero attached hydrogens (tertiary/aromatic N) is 19. The number of nitriles is 1. The van der Waals surface area contributed by atoms with Crippen LogP contribution in [-0.4, -0.2) is 167 Å². The Labute approximate surface area is 712 Å². The van der Waals surface area contributed by atoms with E-state index in [9.17, 15) is 93.1 Å². The maximum atomic E-state index is 12.9. The molecule has 3 amide bonds. The van der Waals surface area contributed by atoms with Crippen molar-refractivity contribution in [2.45, 2.75) is 158 Å². The van der Waals surface area contributed by atoms with Gasteiger partial charge < -0.3 is 71.4 Å². The Balaban J connectivity index is -0.000000666. The van der Waals surface area contributed by atoms with Crippen molar-refractivity contribution in [2.75, 3.05) is 60.6 Å². The standard InChI is InChI=1S/C14H18F3N7O.C14H16F3N7.C8H12N4O3.C8H14N4O.C8H11N3O4.C6H5ClF3N3.C2Cl2O2.CH4O.CH4.Cl3OP.H3N.H2O/c1-7-9(6-24(23-7)13(2,3)11(18)25)21-12-20-5-8(14(15,16)17)10(19-4)22-12;1-8-10(6-24(23-8)13(2,3)7-18)21-12-20-5-9(14(15,16)17)11(19-4)22-12;1-5-6(12(14)15)4-11(10-5)8(2,3)7(9)13;1-5-6(9)4-12(11-5)8(2,3)7(10)13;1-5-6(11(14)15)4-10(9-5)8(2,3)7(12)13;1-11-4-3(6(8,9)10)2-12-5(7)13-4;3-1(5)2(4)6;1-2;;1-5(2,3)4;;/h5-6H,1-4H3,(H2,18,25)(H2,19,20,21,22);5-6H,1-4H3,(H2,19,20,21,22);4H,1-3H3,(H2,9,13);4H,9H2,1-3H3,(H2,10,13);4H,1-3H3,(H,12,13);2H,1H3,(H,11,12,13);;2H,1H3;1H4;;1H3;1H2. The zero-order chi connectivity index (χ0) is 92.7. The number of rotatable bonds is 19. The third-order valence-corrected chi connectivity index (χ3v) is 15.6. The molecule has 8 rings (SSSR count). The fourth-order valence-electron chi connectivity index (χ4n) is 7.50. The molecule has 0 aliphatic heterocycles. The van der Waals surface area contributed by atoms with Crippen molar-refractivity contribution in [3.8, 4) is 6.07 Å². The number of aromatic nitrogens is 16. The van der Waals surface area contributed by atoms with Crippen LogP contribution in [0, 0.1) is 66.2 Å². The predicted molar refractivity (Wildman–Crippen MR) is 432 cm³/mol. The lowest BCUT2D eigenvalue weighted by Gasteiger charge is -2.20. The number of halogens is 15. The van der Waals surface area contributed by atoms with E-state index in [0.29, 0.717) is 52.7 Å². The second-order valence-electron chi connectivity index (χ2n) is 25.4. The van der Waals surface area contributed by atoms with Crippen molar-refractivity contribution in [3.63, 3.8) is 0 Å². The monoisotopic (exact) mass is 1880 g/mol. The first-order chi connectivity index (χ1) is 53.5. The van der Waals surface area contributed by atoms with Gasteiger partial charge in [-0.1, -0.05) is 7.43 Å². The molecule has 0 spiro atoms. The number of alkyl halides is 9. The highest BCUT2D eigenvalue weighted by atomic mass is 36.0.